The Morgan fingerprint density at radius 1 is 1.37 bits per heavy atom. The molecule has 0 saturated carbocycles. The molecule has 3 unspecified atom stereocenters. The van der Waals surface area contributed by atoms with Gasteiger partial charge in [0.15, 0.2) is 0 Å². The predicted octanol–water partition coefficient (Wildman–Crippen LogP) is 2.64. The number of nitrogens with zero attached hydrogens (tertiary/aromatic N) is 1. The van der Waals surface area contributed by atoms with E-state index in [-0.39, 0.29) is 0 Å². The molecule has 3 atom stereocenters. The zero-order valence-electron chi connectivity index (χ0n) is 13.4. The summed E-state index contributed by atoms with van der Waals surface area (Å²) in [6.45, 7) is 13.0. The summed E-state index contributed by atoms with van der Waals surface area (Å²) >= 11 is 0. The molecule has 19 heavy (non-hydrogen) atoms. The van der Waals surface area contributed by atoms with E-state index in [9.17, 15) is 5.11 Å². The first kappa shape index (κ1) is 16.9. The third-order valence-corrected chi connectivity index (χ3v) is 4.38. The SMILES string of the molecule is CCCN1CCCC(C(C)NCC(C)(O)CCC)C1. The molecule has 1 aliphatic rings. The molecule has 1 heterocycles. The molecule has 1 fully saturated rings. The maximum Gasteiger partial charge on any atom is 0.0743 e. The minimum absolute atomic E-state index is 0.503. The molecule has 0 spiro atoms. The fraction of sp³-hybridized carbons (Fsp3) is 1.00. The van der Waals surface area contributed by atoms with Gasteiger partial charge in [0, 0.05) is 19.1 Å². The van der Waals surface area contributed by atoms with Crippen LogP contribution in [0.4, 0.5) is 0 Å². The monoisotopic (exact) mass is 270 g/mol. The topological polar surface area (TPSA) is 35.5 Å². The van der Waals surface area contributed by atoms with Crippen molar-refractivity contribution < 1.29 is 5.11 Å². The largest absolute Gasteiger partial charge is 0.389 e. The van der Waals surface area contributed by atoms with Gasteiger partial charge in [-0.15, -0.1) is 0 Å². The molecule has 114 valence electrons. The van der Waals surface area contributed by atoms with Crippen molar-refractivity contribution in [3.63, 3.8) is 0 Å². The van der Waals surface area contributed by atoms with Crippen LogP contribution in [0.3, 0.4) is 0 Å². The van der Waals surface area contributed by atoms with Crippen LogP contribution in [0.1, 0.15) is 59.8 Å². The first-order valence-corrected chi connectivity index (χ1v) is 8.16. The van der Waals surface area contributed by atoms with Crippen molar-refractivity contribution in [3.8, 4) is 0 Å². The van der Waals surface area contributed by atoms with E-state index in [0.29, 0.717) is 12.6 Å². The lowest BCUT2D eigenvalue weighted by Gasteiger charge is -2.37. The van der Waals surface area contributed by atoms with Gasteiger partial charge >= 0.3 is 0 Å². The quantitative estimate of drug-likeness (QED) is 0.712. The number of nitrogens with one attached hydrogen (secondary N) is 1. The van der Waals surface area contributed by atoms with E-state index in [1.54, 1.807) is 0 Å². The average Bonchev–Trinajstić information content (AvgIpc) is 2.37. The van der Waals surface area contributed by atoms with Crippen LogP contribution in [-0.4, -0.2) is 47.8 Å². The van der Waals surface area contributed by atoms with Gasteiger partial charge in [-0.3, -0.25) is 0 Å². The van der Waals surface area contributed by atoms with Crippen molar-refractivity contribution in [2.24, 2.45) is 5.92 Å². The number of piperidine rings is 1. The Hall–Kier alpha value is -0.120. The van der Waals surface area contributed by atoms with Crippen molar-refractivity contribution in [3.05, 3.63) is 0 Å². The van der Waals surface area contributed by atoms with Crippen LogP contribution in [0, 0.1) is 5.92 Å². The number of rotatable bonds is 8. The average molecular weight is 270 g/mol. The van der Waals surface area contributed by atoms with Crippen molar-refractivity contribution >= 4 is 0 Å². The first-order valence-electron chi connectivity index (χ1n) is 8.16. The molecule has 0 aromatic carbocycles. The van der Waals surface area contributed by atoms with E-state index >= 15 is 0 Å². The zero-order chi connectivity index (χ0) is 14.3. The summed E-state index contributed by atoms with van der Waals surface area (Å²) in [5.74, 6) is 0.734. The molecule has 3 heteroatoms. The summed E-state index contributed by atoms with van der Waals surface area (Å²) in [6.07, 6.45) is 5.81. The fourth-order valence-electron chi connectivity index (χ4n) is 3.19. The number of aliphatic hydroxyl groups is 1. The zero-order valence-corrected chi connectivity index (χ0v) is 13.4. The molecule has 0 aromatic rings. The minimum Gasteiger partial charge on any atom is -0.389 e. The van der Waals surface area contributed by atoms with Crippen LogP contribution >= 0.6 is 0 Å². The molecule has 0 aromatic heterocycles. The van der Waals surface area contributed by atoms with Gasteiger partial charge in [-0.1, -0.05) is 20.3 Å². The van der Waals surface area contributed by atoms with Crippen LogP contribution < -0.4 is 5.32 Å². The van der Waals surface area contributed by atoms with Crippen LogP contribution in [-0.2, 0) is 0 Å². The van der Waals surface area contributed by atoms with E-state index in [1.165, 1.54) is 38.9 Å². The van der Waals surface area contributed by atoms with Crippen molar-refractivity contribution in [1.29, 1.82) is 0 Å². The van der Waals surface area contributed by atoms with Crippen LogP contribution in [0.2, 0.25) is 0 Å². The maximum absolute atomic E-state index is 10.2. The summed E-state index contributed by atoms with van der Waals surface area (Å²) < 4.78 is 0. The highest BCUT2D eigenvalue weighted by Crippen LogP contribution is 2.20. The Kier molecular flexibility index (Phi) is 7.33. The van der Waals surface area contributed by atoms with Crippen molar-refractivity contribution in [1.82, 2.24) is 10.2 Å². The fourth-order valence-corrected chi connectivity index (χ4v) is 3.19. The lowest BCUT2D eigenvalue weighted by atomic mass is 9.90. The molecule has 1 aliphatic heterocycles. The van der Waals surface area contributed by atoms with Gasteiger partial charge in [0.25, 0.3) is 0 Å². The summed E-state index contributed by atoms with van der Waals surface area (Å²) in [5.41, 5.74) is -0.555. The number of hydrogen-bond donors (Lipinski definition) is 2. The van der Waals surface area contributed by atoms with Gasteiger partial charge < -0.3 is 15.3 Å². The van der Waals surface area contributed by atoms with Gasteiger partial charge in [0.1, 0.15) is 0 Å². The van der Waals surface area contributed by atoms with Crippen LogP contribution in [0.15, 0.2) is 0 Å². The molecular formula is C16H34N2O. The van der Waals surface area contributed by atoms with Gasteiger partial charge in [-0.05, 0) is 58.5 Å². The third kappa shape index (κ3) is 6.24. The first-order chi connectivity index (χ1) is 8.98. The molecule has 1 rings (SSSR count). The minimum atomic E-state index is -0.555. The van der Waals surface area contributed by atoms with Crippen LogP contribution in [0.25, 0.3) is 0 Å². The molecule has 2 N–H and O–H groups in total. The molecule has 0 amide bonds. The summed E-state index contributed by atoms with van der Waals surface area (Å²) in [6, 6.07) is 0.503. The summed E-state index contributed by atoms with van der Waals surface area (Å²) in [4.78, 5) is 2.59. The number of hydrogen-bond acceptors (Lipinski definition) is 3. The predicted molar refractivity (Wildman–Crippen MR) is 82.5 cm³/mol. The summed E-state index contributed by atoms with van der Waals surface area (Å²) in [5, 5.41) is 13.8. The molecule has 0 radical (unpaired) electrons. The van der Waals surface area contributed by atoms with Crippen LogP contribution in [0.5, 0.6) is 0 Å². The lowest BCUT2D eigenvalue weighted by Crippen LogP contribution is -2.48. The summed E-state index contributed by atoms with van der Waals surface area (Å²) in [7, 11) is 0. The molecule has 0 aliphatic carbocycles. The Labute approximate surface area is 119 Å². The second-order valence-electron chi connectivity index (χ2n) is 6.62. The second kappa shape index (κ2) is 8.23. The normalized spacial score (nSPS) is 26.1. The van der Waals surface area contributed by atoms with E-state index in [4.69, 9.17) is 0 Å². The van der Waals surface area contributed by atoms with Crippen molar-refractivity contribution in [2.75, 3.05) is 26.2 Å². The Bertz CT molecular complexity index is 241. The van der Waals surface area contributed by atoms with E-state index in [0.717, 1.165) is 18.8 Å². The molecule has 0 bridgehead atoms. The highest BCUT2D eigenvalue weighted by atomic mass is 16.3. The Morgan fingerprint density at radius 2 is 2.11 bits per heavy atom. The van der Waals surface area contributed by atoms with Gasteiger partial charge in [-0.2, -0.15) is 0 Å². The standard InChI is InChI=1S/C16H34N2O/c1-5-9-16(4,19)13-17-14(3)15-8-7-11-18(12-15)10-6-2/h14-15,17,19H,5-13H2,1-4H3. The van der Waals surface area contributed by atoms with Crippen molar-refractivity contribution in [2.45, 2.75) is 71.4 Å². The Morgan fingerprint density at radius 3 is 2.74 bits per heavy atom. The smallest absolute Gasteiger partial charge is 0.0743 e. The Balaban J connectivity index is 2.34. The highest BCUT2D eigenvalue weighted by molar-refractivity contribution is 4.83. The van der Waals surface area contributed by atoms with Gasteiger partial charge in [-0.25, -0.2) is 0 Å². The maximum atomic E-state index is 10.2. The second-order valence-corrected chi connectivity index (χ2v) is 6.62. The van der Waals surface area contributed by atoms with E-state index in [1.807, 2.05) is 6.92 Å². The van der Waals surface area contributed by atoms with Gasteiger partial charge in [0.05, 0.1) is 5.60 Å². The molecule has 1 saturated heterocycles. The number of likely N-dealkylation sites (tertiary alicyclic amines) is 1. The molecule has 3 nitrogen and oxygen atoms in total. The lowest BCUT2D eigenvalue weighted by molar-refractivity contribution is 0.0426. The van der Waals surface area contributed by atoms with Gasteiger partial charge in [0.2, 0.25) is 0 Å². The van der Waals surface area contributed by atoms with E-state index < -0.39 is 5.60 Å². The molecular weight excluding hydrogens is 236 g/mol. The van der Waals surface area contributed by atoms with E-state index in [2.05, 4.69) is 31.0 Å². The highest BCUT2D eigenvalue weighted by Gasteiger charge is 2.26. The third-order valence-electron chi connectivity index (χ3n) is 4.38.